The molecule has 144 valence electrons. The van der Waals surface area contributed by atoms with E-state index >= 15 is 0 Å². The van der Waals surface area contributed by atoms with Gasteiger partial charge < -0.3 is 9.47 Å². The summed E-state index contributed by atoms with van der Waals surface area (Å²) in [6, 6.07) is 0. The molecule has 2 aliphatic carbocycles. The van der Waals surface area contributed by atoms with E-state index in [9.17, 15) is 4.79 Å². The number of carbonyl (C=O) groups excluding carboxylic acids is 1. The highest BCUT2D eigenvalue weighted by Crippen LogP contribution is 2.70. The molecule has 2 rings (SSSR count). The molecule has 0 saturated heterocycles. The third-order valence-corrected chi connectivity index (χ3v) is 7.53. The van der Waals surface area contributed by atoms with E-state index in [1.807, 2.05) is 13.8 Å². The molecule has 3 heteroatoms. The second kappa shape index (κ2) is 6.40. The number of esters is 1. The zero-order chi connectivity index (χ0) is 19.3. The summed E-state index contributed by atoms with van der Waals surface area (Å²) in [5.41, 5.74) is 0.489. The van der Waals surface area contributed by atoms with E-state index in [-0.39, 0.29) is 11.6 Å². The highest BCUT2D eigenvalue weighted by Gasteiger charge is 2.64. The molecule has 0 aliphatic heterocycles. The van der Waals surface area contributed by atoms with Crippen LogP contribution < -0.4 is 0 Å². The Morgan fingerprint density at radius 2 is 1.80 bits per heavy atom. The van der Waals surface area contributed by atoms with Gasteiger partial charge in [0, 0.05) is 12.0 Å². The minimum Gasteiger partial charge on any atom is -0.456 e. The fourth-order valence-electron chi connectivity index (χ4n) is 5.30. The molecule has 0 amide bonds. The summed E-state index contributed by atoms with van der Waals surface area (Å²) >= 11 is 0. The number of carbonyl (C=O) groups is 1. The lowest BCUT2D eigenvalue weighted by atomic mass is 9.62. The molecule has 25 heavy (non-hydrogen) atoms. The Morgan fingerprint density at radius 1 is 1.20 bits per heavy atom. The van der Waals surface area contributed by atoms with Gasteiger partial charge in [-0.2, -0.15) is 0 Å². The summed E-state index contributed by atoms with van der Waals surface area (Å²) in [6.45, 7) is 21.6. The smallest absolute Gasteiger partial charge is 0.333 e. The molecule has 3 unspecified atom stereocenters. The van der Waals surface area contributed by atoms with Crippen LogP contribution in [0.2, 0.25) is 0 Å². The van der Waals surface area contributed by atoms with E-state index in [1.54, 1.807) is 6.92 Å². The summed E-state index contributed by atoms with van der Waals surface area (Å²) in [7, 11) is 0. The Bertz CT molecular complexity index is 543. The summed E-state index contributed by atoms with van der Waals surface area (Å²) in [5.74, 6) is 1.07. The minimum atomic E-state index is -0.538. The van der Waals surface area contributed by atoms with Crippen molar-refractivity contribution in [1.29, 1.82) is 0 Å². The molecule has 0 spiro atoms. The van der Waals surface area contributed by atoms with Gasteiger partial charge in [-0.25, -0.2) is 4.79 Å². The first-order chi connectivity index (χ1) is 11.2. The van der Waals surface area contributed by atoms with Gasteiger partial charge in [-0.05, 0) is 76.5 Å². The molecular weight excluding hydrogens is 312 g/mol. The molecule has 2 saturated carbocycles. The Kier molecular flexibility index (Phi) is 5.25. The fourth-order valence-corrected chi connectivity index (χ4v) is 5.30. The van der Waals surface area contributed by atoms with Crippen LogP contribution in [0.5, 0.6) is 0 Å². The SMILES string of the molecule is C=C(C)C(=O)OC(C)(C)CCOC(C)(C)C1CC2CCC1(C)C2(C)C. The summed E-state index contributed by atoms with van der Waals surface area (Å²) in [4.78, 5) is 11.8. The van der Waals surface area contributed by atoms with Crippen molar-refractivity contribution in [3.05, 3.63) is 12.2 Å². The van der Waals surface area contributed by atoms with E-state index in [4.69, 9.17) is 9.47 Å². The first-order valence-electron chi connectivity index (χ1n) is 9.76. The summed E-state index contributed by atoms with van der Waals surface area (Å²) < 4.78 is 11.9. The van der Waals surface area contributed by atoms with E-state index in [0.29, 0.717) is 35.3 Å². The molecule has 0 aromatic heterocycles. The molecule has 0 aromatic rings. The monoisotopic (exact) mass is 350 g/mol. The van der Waals surface area contributed by atoms with Crippen LogP contribution >= 0.6 is 0 Å². The predicted octanol–water partition coefficient (Wildman–Crippen LogP) is 5.53. The third-order valence-electron chi connectivity index (χ3n) is 7.53. The van der Waals surface area contributed by atoms with Gasteiger partial charge in [-0.3, -0.25) is 0 Å². The number of ether oxygens (including phenoxy) is 2. The molecule has 2 bridgehead atoms. The minimum absolute atomic E-state index is 0.157. The van der Waals surface area contributed by atoms with Gasteiger partial charge in [-0.1, -0.05) is 27.4 Å². The molecular formula is C22H38O3. The Hall–Kier alpha value is -0.830. The number of fused-ring (bicyclic) bond motifs is 2. The molecule has 2 aliphatic rings. The third kappa shape index (κ3) is 3.67. The van der Waals surface area contributed by atoms with Crippen molar-refractivity contribution in [3.8, 4) is 0 Å². The van der Waals surface area contributed by atoms with Crippen molar-refractivity contribution in [2.24, 2.45) is 22.7 Å². The summed E-state index contributed by atoms with van der Waals surface area (Å²) in [6.07, 6.45) is 4.63. The van der Waals surface area contributed by atoms with Crippen LogP contribution in [0.4, 0.5) is 0 Å². The zero-order valence-corrected chi connectivity index (χ0v) is 17.6. The van der Waals surface area contributed by atoms with Gasteiger partial charge in [0.05, 0.1) is 12.2 Å². The lowest BCUT2D eigenvalue weighted by molar-refractivity contribution is -0.156. The van der Waals surface area contributed by atoms with Crippen LogP contribution in [-0.4, -0.2) is 23.8 Å². The van der Waals surface area contributed by atoms with Gasteiger partial charge in [0.15, 0.2) is 0 Å². The number of rotatable bonds is 7. The van der Waals surface area contributed by atoms with Crippen molar-refractivity contribution in [1.82, 2.24) is 0 Å². The van der Waals surface area contributed by atoms with Gasteiger partial charge in [-0.15, -0.1) is 0 Å². The second-order valence-electron chi connectivity index (χ2n) is 10.3. The lowest BCUT2D eigenvalue weighted by Gasteiger charge is -2.46. The van der Waals surface area contributed by atoms with Crippen LogP contribution in [0.1, 0.15) is 81.1 Å². The van der Waals surface area contributed by atoms with Crippen LogP contribution in [-0.2, 0) is 14.3 Å². The Morgan fingerprint density at radius 3 is 2.24 bits per heavy atom. The van der Waals surface area contributed by atoms with Crippen molar-refractivity contribution in [2.45, 2.75) is 92.3 Å². The van der Waals surface area contributed by atoms with Gasteiger partial charge >= 0.3 is 5.97 Å². The van der Waals surface area contributed by atoms with Crippen LogP contribution in [0, 0.1) is 22.7 Å². The second-order valence-corrected chi connectivity index (χ2v) is 10.3. The Labute approximate surface area is 154 Å². The molecule has 0 heterocycles. The van der Waals surface area contributed by atoms with Crippen molar-refractivity contribution < 1.29 is 14.3 Å². The first kappa shape index (κ1) is 20.5. The van der Waals surface area contributed by atoms with Crippen LogP contribution in [0.3, 0.4) is 0 Å². The maximum atomic E-state index is 11.8. The van der Waals surface area contributed by atoms with Gasteiger partial charge in [0.25, 0.3) is 0 Å². The van der Waals surface area contributed by atoms with Gasteiger partial charge in [0.2, 0.25) is 0 Å². The number of hydrogen-bond donors (Lipinski definition) is 0. The first-order valence-corrected chi connectivity index (χ1v) is 9.76. The largest absolute Gasteiger partial charge is 0.456 e. The maximum Gasteiger partial charge on any atom is 0.333 e. The average molecular weight is 351 g/mol. The predicted molar refractivity (Wildman–Crippen MR) is 102 cm³/mol. The van der Waals surface area contributed by atoms with Crippen molar-refractivity contribution in [3.63, 3.8) is 0 Å². The Balaban J connectivity index is 1.94. The molecule has 3 nitrogen and oxygen atoms in total. The van der Waals surface area contributed by atoms with Crippen LogP contribution in [0.15, 0.2) is 12.2 Å². The van der Waals surface area contributed by atoms with E-state index in [2.05, 4.69) is 41.2 Å². The standard InChI is InChI=1S/C22H38O3/c1-15(2)18(23)25-19(3,4)12-13-24-21(7,8)17-14-16-10-11-22(17,9)20(16,5)6/h16-17H,1,10-14H2,2-9H3. The maximum absolute atomic E-state index is 11.8. The van der Waals surface area contributed by atoms with E-state index in [0.717, 1.165) is 5.92 Å². The van der Waals surface area contributed by atoms with Gasteiger partial charge in [0.1, 0.15) is 5.60 Å². The molecule has 0 radical (unpaired) electrons. The van der Waals surface area contributed by atoms with Crippen LogP contribution in [0.25, 0.3) is 0 Å². The average Bonchev–Trinajstić information content (AvgIpc) is 2.78. The molecule has 0 N–H and O–H groups in total. The highest BCUT2D eigenvalue weighted by atomic mass is 16.6. The molecule has 3 atom stereocenters. The van der Waals surface area contributed by atoms with E-state index in [1.165, 1.54) is 19.3 Å². The normalized spacial score (nSPS) is 31.2. The zero-order valence-electron chi connectivity index (χ0n) is 17.6. The summed E-state index contributed by atoms with van der Waals surface area (Å²) in [5, 5.41) is 0. The quantitative estimate of drug-likeness (QED) is 0.447. The van der Waals surface area contributed by atoms with E-state index < -0.39 is 5.60 Å². The molecule has 2 fully saturated rings. The fraction of sp³-hybridized carbons (Fsp3) is 0.864. The topological polar surface area (TPSA) is 35.5 Å². The van der Waals surface area contributed by atoms with Crippen molar-refractivity contribution in [2.75, 3.05) is 6.61 Å². The molecule has 0 aromatic carbocycles. The van der Waals surface area contributed by atoms with Crippen molar-refractivity contribution >= 4 is 5.97 Å². The lowest BCUT2D eigenvalue weighted by Crippen LogP contribution is -2.45. The number of hydrogen-bond acceptors (Lipinski definition) is 3. The highest BCUT2D eigenvalue weighted by molar-refractivity contribution is 5.87.